The molecule has 0 saturated carbocycles. The third-order valence-electron chi connectivity index (χ3n) is 9.33. The van der Waals surface area contributed by atoms with E-state index in [1.165, 1.54) is 17.0 Å². The number of hydrogen-bond acceptors (Lipinski definition) is 12. The Labute approximate surface area is 295 Å². The summed E-state index contributed by atoms with van der Waals surface area (Å²) < 4.78 is 42.5. The van der Waals surface area contributed by atoms with Crippen molar-refractivity contribution in [1.82, 2.24) is 4.90 Å². The van der Waals surface area contributed by atoms with Crippen molar-refractivity contribution in [2.45, 2.75) is 43.7 Å². The molecule has 0 aromatic heterocycles. The van der Waals surface area contributed by atoms with Crippen LogP contribution in [0.4, 0.5) is 20.6 Å². The number of fused-ring (bicyclic) bond motifs is 1. The zero-order valence-corrected chi connectivity index (χ0v) is 28.4. The molecule has 0 radical (unpaired) electrons. The van der Waals surface area contributed by atoms with Crippen molar-refractivity contribution >= 4 is 17.5 Å². The molecule has 2 saturated heterocycles. The molecule has 3 aromatic carbocycles. The topological polar surface area (TPSA) is 146 Å². The quantitative estimate of drug-likeness (QED) is 0.110. The molecule has 14 nitrogen and oxygen atoms in total. The Bertz CT molecular complexity index is 1630. The molecule has 1 N–H and O–H groups in total. The lowest BCUT2D eigenvalue weighted by molar-refractivity contribution is -0.765. The number of carbonyl (C=O) groups is 1. The van der Waals surface area contributed by atoms with Crippen LogP contribution in [0.3, 0.4) is 0 Å². The number of likely N-dealkylation sites (tertiary alicyclic amines) is 1. The molecule has 3 aliphatic heterocycles. The van der Waals surface area contributed by atoms with Gasteiger partial charge >= 0.3 is 6.09 Å². The number of nitrogens with zero attached hydrogens (tertiary/aromatic N) is 4. The molecule has 4 unspecified atom stereocenters. The van der Waals surface area contributed by atoms with Gasteiger partial charge in [0.05, 0.1) is 50.7 Å². The molecule has 0 spiro atoms. The summed E-state index contributed by atoms with van der Waals surface area (Å²) in [5, 5.41) is 20.9. The van der Waals surface area contributed by atoms with Gasteiger partial charge < -0.3 is 43.5 Å². The van der Waals surface area contributed by atoms with Gasteiger partial charge in [-0.1, -0.05) is 24.3 Å². The molecule has 15 heteroatoms. The molecule has 274 valence electrons. The maximum atomic E-state index is 13.8. The van der Waals surface area contributed by atoms with Gasteiger partial charge in [-0.25, -0.2) is 9.18 Å². The molecule has 2 fully saturated rings. The van der Waals surface area contributed by atoms with Gasteiger partial charge in [0.1, 0.15) is 30.0 Å². The number of hydrogen-bond donors (Lipinski definition) is 1. The number of methoxy groups -OCH3 is 1. The van der Waals surface area contributed by atoms with Gasteiger partial charge in [0.25, 0.3) is 5.09 Å². The zero-order chi connectivity index (χ0) is 35.7. The molecule has 1 amide bonds. The number of amides is 1. The Hall–Kier alpha value is -4.86. The van der Waals surface area contributed by atoms with E-state index in [1.807, 2.05) is 48.5 Å². The van der Waals surface area contributed by atoms with Crippen molar-refractivity contribution in [1.29, 1.82) is 0 Å². The predicted octanol–water partition coefficient (Wildman–Crippen LogP) is 4.37. The van der Waals surface area contributed by atoms with Crippen LogP contribution >= 0.6 is 0 Å². The molecule has 3 aromatic rings. The number of ether oxygens (including phenoxy) is 5. The van der Waals surface area contributed by atoms with Gasteiger partial charge in [-0.3, -0.25) is 4.84 Å². The number of benzene rings is 3. The van der Waals surface area contributed by atoms with E-state index in [9.17, 15) is 24.4 Å². The molecular formula is C36H43FN4O10. The molecule has 6 rings (SSSR count). The minimum Gasteiger partial charge on any atom is -0.490 e. The highest BCUT2D eigenvalue weighted by Gasteiger charge is 2.40. The van der Waals surface area contributed by atoms with Gasteiger partial charge in [-0.2, -0.15) is 0 Å². The van der Waals surface area contributed by atoms with Crippen molar-refractivity contribution < 1.29 is 47.9 Å². The monoisotopic (exact) mass is 710 g/mol. The molecule has 3 heterocycles. The minimum absolute atomic E-state index is 0.0620. The minimum atomic E-state index is -1.05. The van der Waals surface area contributed by atoms with Gasteiger partial charge in [-0.15, -0.1) is 10.1 Å². The van der Waals surface area contributed by atoms with Gasteiger partial charge in [0.15, 0.2) is 0 Å². The summed E-state index contributed by atoms with van der Waals surface area (Å²) in [6.45, 7) is 3.49. The lowest BCUT2D eigenvalue weighted by atomic mass is 9.84. The third kappa shape index (κ3) is 9.28. The van der Waals surface area contributed by atoms with E-state index in [1.54, 1.807) is 13.2 Å². The zero-order valence-electron chi connectivity index (χ0n) is 28.4. The largest absolute Gasteiger partial charge is 0.490 e. The van der Waals surface area contributed by atoms with Gasteiger partial charge in [0.2, 0.25) is 6.79 Å². The lowest BCUT2D eigenvalue weighted by Crippen LogP contribution is -2.53. The van der Waals surface area contributed by atoms with Crippen LogP contribution in [0.25, 0.3) is 0 Å². The first-order chi connectivity index (χ1) is 24.8. The summed E-state index contributed by atoms with van der Waals surface area (Å²) in [6.07, 6.45) is -0.991. The third-order valence-corrected chi connectivity index (χ3v) is 9.33. The summed E-state index contributed by atoms with van der Waals surface area (Å²) in [7, 11) is 1.68. The van der Waals surface area contributed by atoms with Gasteiger partial charge in [-0.05, 0) is 60.0 Å². The summed E-state index contributed by atoms with van der Waals surface area (Å²) in [4.78, 5) is 33.1. The average Bonchev–Trinajstić information content (AvgIpc) is 3.59. The first-order valence-corrected chi connectivity index (χ1v) is 17.0. The second-order valence-electron chi connectivity index (χ2n) is 12.7. The highest BCUT2D eigenvalue weighted by Crippen LogP contribution is 2.36. The Morgan fingerprint density at radius 2 is 1.92 bits per heavy atom. The molecule has 51 heavy (non-hydrogen) atoms. The van der Waals surface area contributed by atoms with Crippen LogP contribution in [-0.2, 0) is 25.7 Å². The fourth-order valence-electron chi connectivity index (χ4n) is 6.88. The summed E-state index contributed by atoms with van der Waals surface area (Å²) >= 11 is 0. The van der Waals surface area contributed by atoms with E-state index in [2.05, 4.69) is 14.6 Å². The summed E-state index contributed by atoms with van der Waals surface area (Å²) in [5.41, 5.74) is 3.46. The smallest absolute Gasteiger partial charge is 0.411 e. The van der Waals surface area contributed by atoms with E-state index in [4.69, 9.17) is 23.7 Å². The Balaban J connectivity index is 1.14. The normalized spacial score (nSPS) is 21.5. The van der Waals surface area contributed by atoms with Crippen molar-refractivity contribution in [3.63, 3.8) is 0 Å². The first-order valence-electron chi connectivity index (χ1n) is 17.0. The predicted molar refractivity (Wildman–Crippen MR) is 183 cm³/mol. The van der Waals surface area contributed by atoms with Crippen molar-refractivity contribution in [2.75, 3.05) is 76.2 Å². The maximum Gasteiger partial charge on any atom is 0.411 e. The van der Waals surface area contributed by atoms with E-state index < -0.39 is 36.1 Å². The first kappa shape index (κ1) is 35.9. The molecule has 3 aliphatic rings. The van der Waals surface area contributed by atoms with Crippen LogP contribution < -0.4 is 19.3 Å². The number of aliphatic hydroxyl groups is 1. The highest BCUT2D eigenvalue weighted by atomic mass is 19.1. The van der Waals surface area contributed by atoms with Crippen LogP contribution in [0.2, 0.25) is 0 Å². The number of carbonyl (C=O) groups excluding carboxylic acids is 1. The van der Waals surface area contributed by atoms with Gasteiger partial charge in [0, 0.05) is 44.8 Å². The Morgan fingerprint density at radius 1 is 1.08 bits per heavy atom. The van der Waals surface area contributed by atoms with Crippen LogP contribution in [0.5, 0.6) is 11.5 Å². The van der Waals surface area contributed by atoms with E-state index in [0.717, 1.165) is 60.7 Å². The summed E-state index contributed by atoms with van der Waals surface area (Å²) in [5.74, 6) is 0.663. The Kier molecular flexibility index (Phi) is 11.9. The van der Waals surface area contributed by atoms with Crippen molar-refractivity contribution in [3.05, 3.63) is 93.8 Å². The second kappa shape index (κ2) is 16.9. The average molecular weight is 711 g/mol. The van der Waals surface area contributed by atoms with Crippen LogP contribution in [0.1, 0.15) is 29.9 Å². The summed E-state index contributed by atoms with van der Waals surface area (Å²) in [6, 6.07) is 19.9. The van der Waals surface area contributed by atoms with Crippen molar-refractivity contribution in [2.24, 2.45) is 0 Å². The van der Waals surface area contributed by atoms with Crippen LogP contribution in [0, 0.1) is 15.9 Å². The molecular weight excluding hydrogens is 667 g/mol. The molecule has 0 bridgehead atoms. The van der Waals surface area contributed by atoms with Crippen LogP contribution in [0.15, 0.2) is 66.7 Å². The SMILES string of the molecule is COCCCN1CCOc2ccc(COC3CN(C(=O)OCO[N+](=O)[O-])CC(O)C3c3ccc(OC4CCN(c5cccc(F)c5)C4)cc3)cc21. The number of aliphatic hydroxyl groups excluding tert-OH is 1. The number of β-amino-alcohol motifs (C(OH)–C–C–N with tert-alkyl or cyclic N) is 1. The highest BCUT2D eigenvalue weighted by molar-refractivity contribution is 5.68. The standard InChI is InChI=1S/C36H43FN4O10/c1-46-16-3-13-38-15-17-47-33-11-6-25(18-31(33)38)23-48-34-22-40(36(43)49-24-50-41(44)45)21-32(42)35(34)26-7-9-29(10-8-26)51-30-12-14-39(20-30)28-5-2-4-27(37)19-28/h2,4-11,18-19,30,32,34-35,42H,3,12-17,20-24H2,1H3. The Morgan fingerprint density at radius 3 is 2.71 bits per heavy atom. The fourth-order valence-corrected chi connectivity index (χ4v) is 6.88. The van der Waals surface area contributed by atoms with Crippen molar-refractivity contribution in [3.8, 4) is 11.5 Å². The van der Waals surface area contributed by atoms with E-state index >= 15 is 0 Å². The fraction of sp³-hybridized carbons (Fsp3) is 0.472. The van der Waals surface area contributed by atoms with E-state index in [-0.39, 0.29) is 31.6 Å². The number of halogens is 1. The number of piperidine rings is 1. The number of rotatable bonds is 14. The maximum absolute atomic E-state index is 13.8. The lowest BCUT2D eigenvalue weighted by Gasteiger charge is -2.41. The van der Waals surface area contributed by atoms with E-state index in [0.29, 0.717) is 25.5 Å². The van der Waals surface area contributed by atoms with Crippen LogP contribution in [-0.4, -0.2) is 106 Å². The number of anilines is 2. The molecule has 0 aliphatic carbocycles. The molecule has 4 atom stereocenters. The second-order valence-corrected chi connectivity index (χ2v) is 12.7.